The Kier molecular flexibility index (Phi) is 5.39. The predicted molar refractivity (Wildman–Crippen MR) is 104 cm³/mol. The fraction of sp³-hybridized carbons (Fsp3) is 0.130. The molecule has 0 saturated carbocycles. The van der Waals surface area contributed by atoms with Crippen molar-refractivity contribution in [3.8, 4) is 17.6 Å². The number of hydrogen-bond acceptors (Lipinski definition) is 2. The zero-order valence-corrected chi connectivity index (χ0v) is 14.5. The van der Waals surface area contributed by atoms with Crippen LogP contribution in [0.5, 0.6) is 5.75 Å². The van der Waals surface area contributed by atoms with Gasteiger partial charge < -0.3 is 10.1 Å². The average Bonchev–Trinajstić information content (AvgIpc) is 2.67. The first-order valence-electron chi connectivity index (χ1n) is 8.28. The molecule has 0 aromatic heterocycles. The highest BCUT2D eigenvalue weighted by atomic mass is 16.5. The first kappa shape index (κ1) is 16.7. The predicted octanol–water partition coefficient (Wildman–Crippen LogP) is 5.21. The molecule has 2 nitrogen and oxygen atoms in total. The summed E-state index contributed by atoms with van der Waals surface area (Å²) < 4.78 is 5.22. The van der Waals surface area contributed by atoms with Crippen LogP contribution in [0.15, 0.2) is 78.9 Å². The van der Waals surface area contributed by atoms with Crippen molar-refractivity contribution in [2.75, 3.05) is 12.4 Å². The molecule has 3 aromatic carbocycles. The van der Waals surface area contributed by atoms with E-state index in [1.54, 1.807) is 7.11 Å². The Labute approximate surface area is 149 Å². The molecule has 0 bridgehead atoms. The van der Waals surface area contributed by atoms with Gasteiger partial charge in [0.2, 0.25) is 0 Å². The molecule has 0 heterocycles. The topological polar surface area (TPSA) is 21.3 Å². The summed E-state index contributed by atoms with van der Waals surface area (Å²) in [5.41, 5.74) is 4.40. The minimum atomic E-state index is -0.0871. The molecule has 0 aliphatic heterocycles. The molecule has 1 atom stereocenters. The number of aryl methyl sites for hydroxylation is 1. The molecule has 0 amide bonds. The van der Waals surface area contributed by atoms with E-state index in [0.29, 0.717) is 0 Å². The second-order valence-electron chi connectivity index (χ2n) is 5.85. The van der Waals surface area contributed by atoms with Gasteiger partial charge in [-0.1, -0.05) is 59.9 Å². The van der Waals surface area contributed by atoms with Gasteiger partial charge in [0.15, 0.2) is 0 Å². The number of nitrogens with one attached hydrogen (secondary N) is 1. The zero-order valence-electron chi connectivity index (χ0n) is 14.5. The monoisotopic (exact) mass is 327 g/mol. The van der Waals surface area contributed by atoms with Crippen LogP contribution in [0.4, 0.5) is 5.69 Å². The Hall–Kier alpha value is -3.18. The molecule has 0 aliphatic rings. The summed E-state index contributed by atoms with van der Waals surface area (Å²) in [5, 5.41) is 3.50. The second kappa shape index (κ2) is 8.08. The van der Waals surface area contributed by atoms with Gasteiger partial charge >= 0.3 is 0 Å². The molecule has 3 aromatic rings. The lowest BCUT2D eigenvalue weighted by Gasteiger charge is -2.15. The van der Waals surface area contributed by atoms with Crippen molar-refractivity contribution in [2.24, 2.45) is 0 Å². The molecular weight excluding hydrogens is 306 g/mol. The highest BCUT2D eigenvalue weighted by Crippen LogP contribution is 2.21. The molecule has 0 spiro atoms. The average molecular weight is 327 g/mol. The van der Waals surface area contributed by atoms with Crippen LogP contribution >= 0.6 is 0 Å². The van der Waals surface area contributed by atoms with Crippen LogP contribution in [0.3, 0.4) is 0 Å². The molecule has 0 saturated heterocycles. The van der Waals surface area contributed by atoms with E-state index in [2.05, 4.69) is 60.5 Å². The van der Waals surface area contributed by atoms with Crippen molar-refractivity contribution in [1.29, 1.82) is 0 Å². The van der Waals surface area contributed by atoms with Crippen LogP contribution in [0.1, 0.15) is 22.7 Å². The number of rotatable bonds is 4. The summed E-state index contributed by atoms with van der Waals surface area (Å²) in [6.45, 7) is 2.08. The van der Waals surface area contributed by atoms with Crippen LogP contribution in [0.25, 0.3) is 0 Å². The smallest absolute Gasteiger partial charge is 0.119 e. The molecule has 1 N–H and O–H groups in total. The van der Waals surface area contributed by atoms with Crippen LogP contribution < -0.4 is 10.1 Å². The van der Waals surface area contributed by atoms with E-state index in [1.165, 1.54) is 5.56 Å². The van der Waals surface area contributed by atoms with Gasteiger partial charge in [-0.15, -0.1) is 0 Å². The van der Waals surface area contributed by atoms with E-state index in [0.717, 1.165) is 22.6 Å². The minimum absolute atomic E-state index is 0.0871. The first-order valence-corrected chi connectivity index (χ1v) is 8.28. The molecular formula is C23H21NO. The van der Waals surface area contributed by atoms with Crippen molar-refractivity contribution in [3.63, 3.8) is 0 Å². The van der Waals surface area contributed by atoms with Crippen LogP contribution in [0, 0.1) is 18.8 Å². The minimum Gasteiger partial charge on any atom is -0.497 e. The summed E-state index contributed by atoms with van der Waals surface area (Å²) in [6, 6.07) is 26.3. The summed E-state index contributed by atoms with van der Waals surface area (Å²) >= 11 is 0. The lowest BCUT2D eigenvalue weighted by molar-refractivity contribution is 0.415. The van der Waals surface area contributed by atoms with Crippen molar-refractivity contribution in [2.45, 2.75) is 13.0 Å². The number of ether oxygens (including phenoxy) is 1. The Balaban J connectivity index is 1.86. The highest BCUT2D eigenvalue weighted by molar-refractivity contribution is 5.51. The van der Waals surface area contributed by atoms with Crippen LogP contribution in [0.2, 0.25) is 0 Å². The standard InChI is InChI=1S/C23H21NO/c1-18-8-10-19(11-9-18)12-17-23(20-6-4-3-5-7-20)24-21-13-15-22(25-2)16-14-21/h3-11,13-16,23-24H,1-2H3/t23-/m0/s1. The fourth-order valence-corrected chi connectivity index (χ4v) is 2.49. The molecule has 0 aliphatic carbocycles. The van der Waals surface area contributed by atoms with Gasteiger partial charge in [0.1, 0.15) is 11.8 Å². The van der Waals surface area contributed by atoms with Gasteiger partial charge in [0.05, 0.1) is 7.11 Å². The van der Waals surface area contributed by atoms with Crippen molar-refractivity contribution >= 4 is 5.69 Å². The lowest BCUT2D eigenvalue weighted by atomic mass is 10.1. The first-order chi connectivity index (χ1) is 12.2. The van der Waals surface area contributed by atoms with Crippen LogP contribution in [-0.4, -0.2) is 7.11 Å². The highest BCUT2D eigenvalue weighted by Gasteiger charge is 2.08. The zero-order chi connectivity index (χ0) is 17.5. The Morgan fingerprint density at radius 1 is 0.840 bits per heavy atom. The fourth-order valence-electron chi connectivity index (χ4n) is 2.49. The lowest BCUT2D eigenvalue weighted by Crippen LogP contribution is -2.08. The third-order valence-electron chi connectivity index (χ3n) is 3.95. The maximum Gasteiger partial charge on any atom is 0.119 e. The van der Waals surface area contributed by atoms with Crippen molar-refractivity contribution in [3.05, 3.63) is 95.6 Å². The van der Waals surface area contributed by atoms with E-state index in [-0.39, 0.29) is 6.04 Å². The number of benzene rings is 3. The summed E-state index contributed by atoms with van der Waals surface area (Å²) in [4.78, 5) is 0. The normalized spacial score (nSPS) is 11.1. The van der Waals surface area contributed by atoms with Gasteiger partial charge in [-0.05, 0) is 48.9 Å². The summed E-state index contributed by atoms with van der Waals surface area (Å²) in [7, 11) is 1.67. The van der Waals surface area contributed by atoms with E-state index >= 15 is 0 Å². The Bertz CT molecular complexity index is 856. The molecule has 124 valence electrons. The largest absolute Gasteiger partial charge is 0.497 e. The van der Waals surface area contributed by atoms with Crippen molar-refractivity contribution < 1.29 is 4.74 Å². The van der Waals surface area contributed by atoms with E-state index in [9.17, 15) is 0 Å². The van der Waals surface area contributed by atoms with E-state index in [4.69, 9.17) is 4.74 Å². The quantitative estimate of drug-likeness (QED) is 0.664. The molecule has 2 heteroatoms. The molecule has 25 heavy (non-hydrogen) atoms. The summed E-state index contributed by atoms with van der Waals surface area (Å²) in [5.74, 6) is 7.47. The van der Waals surface area contributed by atoms with E-state index < -0.39 is 0 Å². The molecule has 0 fully saturated rings. The Morgan fingerprint density at radius 3 is 2.16 bits per heavy atom. The van der Waals surface area contributed by atoms with Gasteiger partial charge in [-0.2, -0.15) is 0 Å². The Morgan fingerprint density at radius 2 is 1.52 bits per heavy atom. The number of methoxy groups -OCH3 is 1. The third-order valence-corrected chi connectivity index (χ3v) is 3.95. The number of hydrogen-bond donors (Lipinski definition) is 1. The van der Waals surface area contributed by atoms with Crippen LogP contribution in [-0.2, 0) is 0 Å². The maximum atomic E-state index is 5.22. The number of anilines is 1. The molecule has 0 radical (unpaired) electrons. The van der Waals surface area contributed by atoms with E-state index in [1.807, 2.05) is 42.5 Å². The molecule has 0 unspecified atom stereocenters. The summed E-state index contributed by atoms with van der Waals surface area (Å²) in [6.07, 6.45) is 0. The third kappa shape index (κ3) is 4.65. The van der Waals surface area contributed by atoms with Gasteiger partial charge in [0.25, 0.3) is 0 Å². The van der Waals surface area contributed by atoms with Crippen molar-refractivity contribution in [1.82, 2.24) is 0 Å². The van der Waals surface area contributed by atoms with Gasteiger partial charge in [-0.3, -0.25) is 0 Å². The second-order valence-corrected chi connectivity index (χ2v) is 5.85. The molecule has 3 rings (SSSR count). The van der Waals surface area contributed by atoms with Gasteiger partial charge in [-0.25, -0.2) is 0 Å². The SMILES string of the molecule is COc1ccc(N[C@@H](C#Cc2ccc(C)cc2)c2ccccc2)cc1. The maximum absolute atomic E-state index is 5.22. The van der Waals surface area contributed by atoms with Gasteiger partial charge in [0, 0.05) is 11.3 Å².